The minimum absolute atomic E-state index is 0.00751. The van der Waals surface area contributed by atoms with Crippen molar-refractivity contribution in [1.29, 1.82) is 0 Å². The van der Waals surface area contributed by atoms with E-state index in [2.05, 4.69) is 17.2 Å². The SMILES string of the molecule is Cc1nn(-c2ccc(Cl)cc2)c(C)c1CC(=O)N1CC(C)OC(c2ccccc2)C1. The van der Waals surface area contributed by atoms with Gasteiger partial charge < -0.3 is 9.64 Å². The van der Waals surface area contributed by atoms with Crippen molar-refractivity contribution < 1.29 is 9.53 Å². The predicted octanol–water partition coefficient (Wildman–Crippen LogP) is 4.67. The van der Waals surface area contributed by atoms with E-state index in [0.717, 1.165) is 28.2 Å². The Bertz CT molecular complexity index is 1030. The number of carbonyl (C=O) groups is 1. The van der Waals surface area contributed by atoms with Crippen LogP contribution in [0.2, 0.25) is 5.02 Å². The number of hydrogen-bond acceptors (Lipinski definition) is 3. The van der Waals surface area contributed by atoms with Crippen molar-refractivity contribution in [3.8, 4) is 5.69 Å². The summed E-state index contributed by atoms with van der Waals surface area (Å²) in [4.78, 5) is 15.1. The Kier molecular flexibility index (Phi) is 5.93. The number of morpholine rings is 1. The molecule has 2 unspecified atom stereocenters. The Morgan fingerprint density at radius 2 is 1.80 bits per heavy atom. The number of ether oxygens (including phenoxy) is 1. The van der Waals surface area contributed by atoms with Crippen molar-refractivity contribution in [2.45, 2.75) is 39.4 Å². The number of aromatic nitrogens is 2. The topological polar surface area (TPSA) is 47.4 Å². The first-order chi connectivity index (χ1) is 14.4. The van der Waals surface area contributed by atoms with Crippen molar-refractivity contribution in [2.75, 3.05) is 13.1 Å². The summed E-state index contributed by atoms with van der Waals surface area (Å²) in [5.41, 5.74) is 4.86. The average molecular weight is 424 g/mol. The molecule has 6 heteroatoms. The monoisotopic (exact) mass is 423 g/mol. The zero-order chi connectivity index (χ0) is 21.3. The van der Waals surface area contributed by atoms with E-state index >= 15 is 0 Å². The van der Waals surface area contributed by atoms with Crippen LogP contribution in [0.5, 0.6) is 0 Å². The highest BCUT2D eigenvalue weighted by atomic mass is 35.5. The number of rotatable bonds is 4. The number of nitrogens with zero attached hydrogens (tertiary/aromatic N) is 3. The van der Waals surface area contributed by atoms with Crippen LogP contribution in [0.25, 0.3) is 5.69 Å². The molecular weight excluding hydrogens is 398 g/mol. The maximum Gasteiger partial charge on any atom is 0.227 e. The number of halogens is 1. The van der Waals surface area contributed by atoms with E-state index in [1.165, 1.54) is 0 Å². The lowest BCUT2D eigenvalue weighted by molar-refractivity contribution is -0.144. The Hall–Kier alpha value is -2.63. The molecular formula is C24H26ClN3O2. The highest BCUT2D eigenvalue weighted by Gasteiger charge is 2.30. The molecule has 4 rings (SSSR count). The summed E-state index contributed by atoms with van der Waals surface area (Å²) in [5.74, 6) is 0.105. The predicted molar refractivity (Wildman–Crippen MR) is 118 cm³/mol. The van der Waals surface area contributed by atoms with Crippen LogP contribution < -0.4 is 0 Å². The van der Waals surface area contributed by atoms with E-state index in [9.17, 15) is 4.79 Å². The molecule has 1 fully saturated rings. The fourth-order valence-electron chi connectivity index (χ4n) is 4.03. The van der Waals surface area contributed by atoms with Crippen LogP contribution in [0.4, 0.5) is 0 Å². The molecule has 0 N–H and O–H groups in total. The van der Waals surface area contributed by atoms with E-state index in [1.54, 1.807) is 0 Å². The third kappa shape index (κ3) is 4.27. The van der Waals surface area contributed by atoms with Crippen molar-refractivity contribution in [1.82, 2.24) is 14.7 Å². The van der Waals surface area contributed by atoms with Crippen LogP contribution in [-0.2, 0) is 16.0 Å². The largest absolute Gasteiger partial charge is 0.367 e. The van der Waals surface area contributed by atoms with Gasteiger partial charge in [-0.25, -0.2) is 4.68 Å². The Balaban J connectivity index is 1.53. The molecule has 0 radical (unpaired) electrons. The lowest BCUT2D eigenvalue weighted by atomic mass is 10.0. The molecule has 1 aromatic heterocycles. The van der Waals surface area contributed by atoms with Gasteiger partial charge in [-0.3, -0.25) is 4.79 Å². The smallest absolute Gasteiger partial charge is 0.227 e. The summed E-state index contributed by atoms with van der Waals surface area (Å²) < 4.78 is 7.98. The maximum atomic E-state index is 13.2. The van der Waals surface area contributed by atoms with Crippen molar-refractivity contribution in [3.63, 3.8) is 0 Å². The molecule has 1 aliphatic rings. The molecule has 1 amide bonds. The van der Waals surface area contributed by atoms with Gasteiger partial charge >= 0.3 is 0 Å². The Morgan fingerprint density at radius 1 is 1.10 bits per heavy atom. The molecule has 5 nitrogen and oxygen atoms in total. The van der Waals surface area contributed by atoms with Crippen LogP contribution in [0.1, 0.15) is 35.5 Å². The first kappa shape index (κ1) is 20.6. The standard InChI is InChI=1S/C24H26ClN3O2/c1-16-14-27(15-23(30-16)19-7-5-4-6-8-19)24(29)13-22-17(2)26-28(18(22)3)21-11-9-20(25)10-12-21/h4-12,16,23H,13-15H2,1-3H3. The second-order valence-corrected chi connectivity index (χ2v) is 8.30. The van der Waals surface area contributed by atoms with Crippen molar-refractivity contribution in [2.24, 2.45) is 0 Å². The molecule has 0 spiro atoms. The molecule has 1 aliphatic heterocycles. The van der Waals surface area contributed by atoms with Gasteiger partial charge in [0.2, 0.25) is 5.91 Å². The minimum atomic E-state index is -0.0992. The molecule has 156 valence electrons. The molecule has 0 aliphatic carbocycles. The van der Waals surface area contributed by atoms with E-state index in [4.69, 9.17) is 16.3 Å². The van der Waals surface area contributed by atoms with Crippen molar-refractivity contribution in [3.05, 3.63) is 82.1 Å². The van der Waals surface area contributed by atoms with Crippen LogP contribution in [0.15, 0.2) is 54.6 Å². The van der Waals surface area contributed by atoms with Gasteiger partial charge in [-0.05, 0) is 50.6 Å². The fraction of sp³-hybridized carbons (Fsp3) is 0.333. The number of amides is 1. The first-order valence-electron chi connectivity index (χ1n) is 10.2. The van der Waals surface area contributed by atoms with E-state index in [1.807, 2.05) is 72.8 Å². The lowest BCUT2D eigenvalue weighted by Crippen LogP contribution is -2.46. The summed E-state index contributed by atoms with van der Waals surface area (Å²) in [5, 5.41) is 5.35. The Labute approximate surface area is 182 Å². The lowest BCUT2D eigenvalue weighted by Gasteiger charge is -2.37. The summed E-state index contributed by atoms with van der Waals surface area (Å²) in [6, 6.07) is 17.6. The molecule has 2 heterocycles. The molecule has 1 saturated heterocycles. The first-order valence-corrected chi connectivity index (χ1v) is 10.6. The second kappa shape index (κ2) is 8.62. The molecule has 30 heavy (non-hydrogen) atoms. The van der Waals surface area contributed by atoms with Gasteiger partial charge in [-0.2, -0.15) is 5.10 Å². The molecule has 0 saturated carbocycles. The molecule has 2 atom stereocenters. The minimum Gasteiger partial charge on any atom is -0.367 e. The number of aryl methyl sites for hydroxylation is 1. The molecule has 3 aromatic rings. The number of hydrogen-bond donors (Lipinski definition) is 0. The Morgan fingerprint density at radius 3 is 2.50 bits per heavy atom. The molecule has 2 aromatic carbocycles. The van der Waals surface area contributed by atoms with Crippen LogP contribution in [0, 0.1) is 13.8 Å². The van der Waals surface area contributed by atoms with Gasteiger partial charge in [-0.1, -0.05) is 41.9 Å². The zero-order valence-corrected chi connectivity index (χ0v) is 18.3. The third-order valence-electron chi connectivity index (χ3n) is 5.62. The van der Waals surface area contributed by atoms with E-state index < -0.39 is 0 Å². The van der Waals surface area contributed by atoms with Gasteiger partial charge in [0.05, 0.1) is 30.5 Å². The van der Waals surface area contributed by atoms with Gasteiger partial charge in [0, 0.05) is 22.8 Å². The number of carbonyl (C=O) groups excluding carboxylic acids is 1. The second-order valence-electron chi connectivity index (χ2n) is 7.86. The fourth-order valence-corrected chi connectivity index (χ4v) is 4.16. The van der Waals surface area contributed by atoms with Crippen LogP contribution in [0.3, 0.4) is 0 Å². The maximum absolute atomic E-state index is 13.2. The molecule has 0 bridgehead atoms. The van der Waals surface area contributed by atoms with Gasteiger partial charge in [-0.15, -0.1) is 0 Å². The summed E-state index contributed by atoms with van der Waals surface area (Å²) in [6.07, 6.45) is 0.226. The van der Waals surface area contributed by atoms with E-state index in [0.29, 0.717) is 24.5 Å². The van der Waals surface area contributed by atoms with Gasteiger partial charge in [0.15, 0.2) is 0 Å². The average Bonchev–Trinajstić information content (AvgIpc) is 3.02. The normalized spacial score (nSPS) is 19.1. The van der Waals surface area contributed by atoms with Gasteiger partial charge in [0.25, 0.3) is 0 Å². The van der Waals surface area contributed by atoms with Crippen molar-refractivity contribution >= 4 is 17.5 Å². The summed E-state index contributed by atoms with van der Waals surface area (Å²) in [6.45, 7) is 7.15. The third-order valence-corrected chi connectivity index (χ3v) is 5.88. The van der Waals surface area contributed by atoms with Crippen LogP contribution >= 0.6 is 11.6 Å². The quantitative estimate of drug-likeness (QED) is 0.612. The highest BCUT2D eigenvalue weighted by molar-refractivity contribution is 6.30. The zero-order valence-electron chi connectivity index (χ0n) is 17.5. The number of benzene rings is 2. The van der Waals surface area contributed by atoms with E-state index in [-0.39, 0.29) is 18.1 Å². The summed E-state index contributed by atoms with van der Waals surface area (Å²) >= 11 is 6.01. The van der Waals surface area contributed by atoms with Crippen LogP contribution in [-0.4, -0.2) is 39.8 Å². The van der Waals surface area contributed by atoms with Gasteiger partial charge in [0.1, 0.15) is 6.10 Å². The summed E-state index contributed by atoms with van der Waals surface area (Å²) in [7, 11) is 0. The highest BCUT2D eigenvalue weighted by Crippen LogP contribution is 2.26.